The highest BCUT2D eigenvalue weighted by atomic mass is 35.5. The lowest BCUT2D eigenvalue weighted by molar-refractivity contribution is 0.112. The Morgan fingerprint density at radius 3 is 2.93 bits per heavy atom. The van der Waals surface area contributed by atoms with Crippen LogP contribution in [-0.2, 0) is 7.05 Å². The van der Waals surface area contributed by atoms with Crippen LogP contribution in [0.15, 0.2) is 12.4 Å². The van der Waals surface area contributed by atoms with Crippen LogP contribution in [0.25, 0.3) is 10.7 Å². The summed E-state index contributed by atoms with van der Waals surface area (Å²) in [6.07, 6.45) is 2.22. The summed E-state index contributed by atoms with van der Waals surface area (Å²) in [6.45, 7) is 0. The molecule has 0 amide bonds. The SMILES string of the molecule is Cn1ncnc1-c1sc(C=O)cc1Cl. The van der Waals surface area contributed by atoms with Crippen LogP contribution in [0.5, 0.6) is 0 Å². The molecule has 0 fully saturated rings. The van der Waals surface area contributed by atoms with Crippen molar-refractivity contribution < 1.29 is 4.79 Å². The molecule has 2 rings (SSSR count). The Hall–Kier alpha value is -1.20. The van der Waals surface area contributed by atoms with E-state index in [1.165, 1.54) is 17.7 Å². The van der Waals surface area contributed by atoms with E-state index in [0.717, 1.165) is 11.2 Å². The van der Waals surface area contributed by atoms with E-state index in [-0.39, 0.29) is 0 Å². The van der Waals surface area contributed by atoms with Crippen LogP contribution in [0.1, 0.15) is 9.67 Å². The molecular formula is C8H6ClN3OS. The summed E-state index contributed by atoms with van der Waals surface area (Å²) in [4.78, 5) is 16.0. The Morgan fingerprint density at radius 2 is 2.43 bits per heavy atom. The van der Waals surface area contributed by atoms with Crippen molar-refractivity contribution in [1.82, 2.24) is 14.8 Å². The van der Waals surface area contributed by atoms with E-state index >= 15 is 0 Å². The summed E-state index contributed by atoms with van der Waals surface area (Å²) in [7, 11) is 1.78. The molecule has 2 heterocycles. The zero-order valence-electron chi connectivity index (χ0n) is 7.27. The van der Waals surface area contributed by atoms with Crippen molar-refractivity contribution >= 4 is 29.2 Å². The minimum absolute atomic E-state index is 0.535. The van der Waals surface area contributed by atoms with Gasteiger partial charge in [-0.05, 0) is 6.07 Å². The molecule has 14 heavy (non-hydrogen) atoms. The lowest BCUT2D eigenvalue weighted by Crippen LogP contribution is -1.92. The summed E-state index contributed by atoms with van der Waals surface area (Å²) < 4.78 is 1.62. The predicted octanol–water partition coefficient (Wildman–Crippen LogP) is 2.01. The first-order chi connectivity index (χ1) is 6.72. The second-order valence-corrected chi connectivity index (χ2v) is 4.14. The summed E-state index contributed by atoms with van der Waals surface area (Å²) in [6, 6.07) is 1.63. The van der Waals surface area contributed by atoms with E-state index in [0.29, 0.717) is 15.7 Å². The Balaban J connectivity index is 2.56. The highest BCUT2D eigenvalue weighted by molar-refractivity contribution is 7.17. The summed E-state index contributed by atoms with van der Waals surface area (Å²) in [5.41, 5.74) is 0. The van der Waals surface area contributed by atoms with Crippen molar-refractivity contribution in [3.63, 3.8) is 0 Å². The minimum Gasteiger partial charge on any atom is -0.297 e. The van der Waals surface area contributed by atoms with Gasteiger partial charge >= 0.3 is 0 Å². The van der Waals surface area contributed by atoms with Crippen molar-refractivity contribution in [2.24, 2.45) is 7.05 Å². The number of nitrogens with zero attached hydrogens (tertiary/aromatic N) is 3. The lowest BCUT2D eigenvalue weighted by Gasteiger charge is -1.95. The van der Waals surface area contributed by atoms with Gasteiger partial charge in [0, 0.05) is 7.05 Å². The van der Waals surface area contributed by atoms with E-state index in [9.17, 15) is 4.79 Å². The molecule has 0 spiro atoms. The molecule has 0 aliphatic carbocycles. The van der Waals surface area contributed by atoms with Gasteiger partial charge < -0.3 is 0 Å². The van der Waals surface area contributed by atoms with Gasteiger partial charge in [0.2, 0.25) is 0 Å². The van der Waals surface area contributed by atoms with Gasteiger partial charge in [-0.3, -0.25) is 4.79 Å². The van der Waals surface area contributed by atoms with Crippen molar-refractivity contribution in [2.75, 3.05) is 0 Å². The van der Waals surface area contributed by atoms with E-state index < -0.39 is 0 Å². The fraction of sp³-hybridized carbons (Fsp3) is 0.125. The molecule has 2 aromatic rings. The summed E-state index contributed by atoms with van der Waals surface area (Å²) in [5.74, 6) is 0.674. The molecule has 6 heteroatoms. The molecular weight excluding hydrogens is 222 g/mol. The van der Waals surface area contributed by atoms with Crippen LogP contribution in [-0.4, -0.2) is 21.1 Å². The normalized spacial score (nSPS) is 10.4. The first kappa shape index (κ1) is 9.36. The number of aldehydes is 1. The highest BCUT2D eigenvalue weighted by Crippen LogP contribution is 2.33. The average Bonchev–Trinajstić information content (AvgIpc) is 2.72. The Bertz CT molecular complexity index is 477. The number of carbonyl (C=O) groups excluding carboxylic acids is 1. The summed E-state index contributed by atoms with van der Waals surface area (Å²) in [5, 5.41) is 4.47. The van der Waals surface area contributed by atoms with Crippen LogP contribution in [0.3, 0.4) is 0 Å². The van der Waals surface area contributed by atoms with Gasteiger partial charge in [-0.15, -0.1) is 11.3 Å². The third kappa shape index (κ3) is 1.44. The highest BCUT2D eigenvalue weighted by Gasteiger charge is 2.13. The third-order valence-electron chi connectivity index (χ3n) is 1.74. The number of carbonyl (C=O) groups is 1. The van der Waals surface area contributed by atoms with Crippen LogP contribution in [0, 0.1) is 0 Å². The van der Waals surface area contributed by atoms with E-state index in [1.54, 1.807) is 17.8 Å². The second-order valence-electron chi connectivity index (χ2n) is 2.65. The minimum atomic E-state index is 0.535. The van der Waals surface area contributed by atoms with Crippen LogP contribution in [0.2, 0.25) is 5.02 Å². The number of aryl methyl sites for hydroxylation is 1. The van der Waals surface area contributed by atoms with Gasteiger partial charge in [-0.2, -0.15) is 5.10 Å². The lowest BCUT2D eigenvalue weighted by atomic mass is 10.4. The first-order valence-corrected chi connectivity index (χ1v) is 5.00. The van der Waals surface area contributed by atoms with Crippen molar-refractivity contribution in [2.45, 2.75) is 0 Å². The molecule has 2 aromatic heterocycles. The molecule has 0 aliphatic heterocycles. The van der Waals surface area contributed by atoms with Gasteiger partial charge in [0.1, 0.15) is 6.33 Å². The van der Waals surface area contributed by atoms with Gasteiger partial charge in [0.25, 0.3) is 0 Å². The van der Waals surface area contributed by atoms with E-state index in [2.05, 4.69) is 10.1 Å². The molecule has 0 atom stereocenters. The molecule has 0 unspecified atom stereocenters. The molecule has 0 saturated heterocycles. The number of thiophene rings is 1. The number of halogens is 1. The molecule has 0 radical (unpaired) electrons. The van der Waals surface area contributed by atoms with E-state index in [1.807, 2.05) is 0 Å². The standard InChI is InChI=1S/C8H6ClN3OS/c1-12-8(10-4-11-12)7-6(9)2-5(3-13)14-7/h2-4H,1H3. The van der Waals surface area contributed by atoms with Crippen molar-refractivity contribution in [3.05, 3.63) is 22.3 Å². The fourth-order valence-electron chi connectivity index (χ4n) is 1.10. The maximum absolute atomic E-state index is 10.5. The monoisotopic (exact) mass is 227 g/mol. The van der Waals surface area contributed by atoms with Gasteiger partial charge in [-0.1, -0.05) is 11.6 Å². The number of rotatable bonds is 2. The van der Waals surface area contributed by atoms with Gasteiger partial charge in [0.15, 0.2) is 12.1 Å². The third-order valence-corrected chi connectivity index (χ3v) is 3.20. The molecule has 0 saturated carbocycles. The largest absolute Gasteiger partial charge is 0.297 e. The fourth-order valence-corrected chi connectivity index (χ4v) is 2.37. The molecule has 0 bridgehead atoms. The summed E-state index contributed by atoms with van der Waals surface area (Å²) >= 11 is 7.27. The zero-order valence-corrected chi connectivity index (χ0v) is 8.84. The van der Waals surface area contributed by atoms with Crippen molar-refractivity contribution in [3.8, 4) is 10.7 Å². The topological polar surface area (TPSA) is 47.8 Å². The molecule has 0 aliphatic rings. The smallest absolute Gasteiger partial charge is 0.169 e. The van der Waals surface area contributed by atoms with Crippen LogP contribution >= 0.6 is 22.9 Å². The molecule has 0 N–H and O–H groups in total. The first-order valence-electron chi connectivity index (χ1n) is 3.81. The average molecular weight is 228 g/mol. The predicted molar refractivity (Wildman–Crippen MR) is 54.7 cm³/mol. The van der Waals surface area contributed by atoms with Gasteiger partial charge in [0.05, 0.1) is 14.8 Å². The molecule has 0 aromatic carbocycles. The Morgan fingerprint density at radius 1 is 1.64 bits per heavy atom. The Kier molecular flexibility index (Phi) is 2.35. The second kappa shape index (κ2) is 3.51. The number of hydrogen-bond donors (Lipinski definition) is 0. The zero-order chi connectivity index (χ0) is 10.1. The maximum atomic E-state index is 10.5. The Labute approximate surface area is 89.2 Å². The number of aromatic nitrogens is 3. The van der Waals surface area contributed by atoms with Crippen LogP contribution in [0.4, 0.5) is 0 Å². The van der Waals surface area contributed by atoms with Crippen LogP contribution < -0.4 is 0 Å². The molecule has 4 nitrogen and oxygen atoms in total. The van der Waals surface area contributed by atoms with E-state index in [4.69, 9.17) is 11.6 Å². The quantitative estimate of drug-likeness (QED) is 0.738. The molecule has 72 valence electrons. The van der Waals surface area contributed by atoms with Gasteiger partial charge in [-0.25, -0.2) is 9.67 Å². The number of hydrogen-bond acceptors (Lipinski definition) is 4. The maximum Gasteiger partial charge on any atom is 0.169 e. The van der Waals surface area contributed by atoms with Crippen molar-refractivity contribution in [1.29, 1.82) is 0 Å².